The monoisotopic (exact) mass is 381 g/mol. The number of aromatic nitrogens is 1. The fraction of sp³-hybridized carbons (Fsp3) is 0.238. The highest BCUT2D eigenvalue weighted by atomic mass is 32.2. The van der Waals surface area contributed by atoms with Gasteiger partial charge in [-0.3, -0.25) is 9.78 Å². The molecule has 3 rings (SSSR count). The Kier molecular flexibility index (Phi) is 5.28. The van der Waals surface area contributed by atoms with Gasteiger partial charge in [-0.15, -0.1) is 11.8 Å². The number of methoxy groups -OCH3 is 1. The van der Waals surface area contributed by atoms with E-state index in [9.17, 15) is 4.79 Å². The molecule has 3 N–H and O–H groups in total. The third-order valence-corrected chi connectivity index (χ3v) is 4.97. The highest BCUT2D eigenvalue weighted by Gasteiger charge is 2.17. The van der Waals surface area contributed by atoms with Gasteiger partial charge in [0.15, 0.2) is 0 Å². The van der Waals surface area contributed by atoms with E-state index in [1.54, 1.807) is 18.9 Å². The van der Waals surface area contributed by atoms with Crippen molar-refractivity contribution in [1.82, 2.24) is 4.98 Å². The van der Waals surface area contributed by atoms with Crippen molar-refractivity contribution in [1.29, 1.82) is 0 Å². The summed E-state index contributed by atoms with van der Waals surface area (Å²) in [5.74, 6) is 0.201. The lowest BCUT2D eigenvalue weighted by Crippen LogP contribution is -2.14. The standard InChI is InChI=1S/C21H23N3O2S/c1-21(2,3)27-15-8-9-18-16(11-15)19(17(12-23-18)20(22)25)24-13-6-5-7-14(10-13)26-4/h5-12H,1-4H3,(H2,22,25)(H,23,24). The van der Waals surface area contributed by atoms with Crippen LogP contribution in [0.4, 0.5) is 11.4 Å². The Hall–Kier alpha value is -2.73. The van der Waals surface area contributed by atoms with Gasteiger partial charge in [0, 0.05) is 33.0 Å². The number of anilines is 2. The SMILES string of the molecule is COc1cccc(Nc2c(C(N)=O)cnc3ccc(SC(C)(C)C)cc23)c1. The Balaban J connectivity index is 2.15. The van der Waals surface area contributed by atoms with E-state index in [0.29, 0.717) is 11.3 Å². The second-order valence-corrected chi connectivity index (χ2v) is 9.06. The third-order valence-electron chi connectivity index (χ3n) is 3.87. The minimum absolute atomic E-state index is 0.0722. The van der Waals surface area contributed by atoms with Gasteiger partial charge in [-0.1, -0.05) is 26.8 Å². The van der Waals surface area contributed by atoms with Gasteiger partial charge in [0.2, 0.25) is 0 Å². The zero-order chi connectivity index (χ0) is 19.6. The van der Waals surface area contributed by atoms with Crippen LogP contribution in [-0.2, 0) is 0 Å². The minimum atomic E-state index is -0.524. The number of carbonyl (C=O) groups is 1. The van der Waals surface area contributed by atoms with Gasteiger partial charge in [0.05, 0.1) is 23.9 Å². The van der Waals surface area contributed by atoms with E-state index in [4.69, 9.17) is 10.5 Å². The second-order valence-electron chi connectivity index (χ2n) is 7.16. The number of ether oxygens (including phenoxy) is 1. The number of thioether (sulfide) groups is 1. The Labute approximate surface area is 163 Å². The van der Waals surface area contributed by atoms with Crippen LogP contribution in [-0.4, -0.2) is 22.7 Å². The number of nitrogens with zero attached hydrogens (tertiary/aromatic N) is 1. The molecule has 0 aliphatic rings. The van der Waals surface area contributed by atoms with Crippen LogP contribution in [0.1, 0.15) is 31.1 Å². The first-order chi connectivity index (χ1) is 12.8. The van der Waals surface area contributed by atoms with Crippen molar-refractivity contribution in [3.63, 3.8) is 0 Å². The molecule has 0 saturated carbocycles. The van der Waals surface area contributed by atoms with Crippen molar-refractivity contribution < 1.29 is 9.53 Å². The molecule has 6 heteroatoms. The number of hydrogen-bond acceptors (Lipinski definition) is 5. The number of hydrogen-bond donors (Lipinski definition) is 2. The maximum atomic E-state index is 12.0. The van der Waals surface area contributed by atoms with Gasteiger partial charge in [-0.2, -0.15) is 0 Å². The molecule has 2 aromatic carbocycles. The molecule has 0 atom stereocenters. The zero-order valence-corrected chi connectivity index (χ0v) is 16.7. The average Bonchev–Trinajstić information content (AvgIpc) is 2.60. The Morgan fingerprint density at radius 1 is 1.19 bits per heavy atom. The molecule has 0 spiro atoms. The van der Waals surface area contributed by atoms with E-state index in [2.05, 4.69) is 31.1 Å². The lowest BCUT2D eigenvalue weighted by atomic mass is 10.1. The minimum Gasteiger partial charge on any atom is -0.497 e. The lowest BCUT2D eigenvalue weighted by Gasteiger charge is -2.19. The molecule has 27 heavy (non-hydrogen) atoms. The summed E-state index contributed by atoms with van der Waals surface area (Å²) in [6.45, 7) is 6.49. The van der Waals surface area contributed by atoms with Crippen LogP contribution in [0.2, 0.25) is 0 Å². The zero-order valence-electron chi connectivity index (χ0n) is 15.9. The molecular formula is C21H23N3O2S. The van der Waals surface area contributed by atoms with Gasteiger partial charge < -0.3 is 15.8 Å². The normalized spacial score (nSPS) is 11.4. The number of pyridine rings is 1. The average molecular weight is 382 g/mol. The molecule has 1 aromatic heterocycles. The number of benzene rings is 2. The van der Waals surface area contributed by atoms with E-state index in [1.807, 2.05) is 42.5 Å². The number of fused-ring (bicyclic) bond motifs is 1. The number of amides is 1. The van der Waals surface area contributed by atoms with Crippen LogP contribution in [0.25, 0.3) is 10.9 Å². The summed E-state index contributed by atoms with van der Waals surface area (Å²) in [6, 6.07) is 13.6. The summed E-state index contributed by atoms with van der Waals surface area (Å²) in [5.41, 5.74) is 8.21. The van der Waals surface area contributed by atoms with Gasteiger partial charge in [0.25, 0.3) is 5.91 Å². The smallest absolute Gasteiger partial charge is 0.252 e. The van der Waals surface area contributed by atoms with Crippen molar-refractivity contribution >= 4 is 39.9 Å². The number of rotatable bonds is 5. The van der Waals surface area contributed by atoms with E-state index in [0.717, 1.165) is 27.2 Å². The Morgan fingerprint density at radius 2 is 1.96 bits per heavy atom. The molecule has 0 aliphatic heterocycles. The molecule has 0 saturated heterocycles. The fourth-order valence-corrected chi connectivity index (χ4v) is 3.78. The summed E-state index contributed by atoms with van der Waals surface area (Å²) in [7, 11) is 1.62. The highest BCUT2D eigenvalue weighted by molar-refractivity contribution is 8.00. The van der Waals surface area contributed by atoms with E-state index < -0.39 is 5.91 Å². The highest BCUT2D eigenvalue weighted by Crippen LogP contribution is 2.36. The fourth-order valence-electron chi connectivity index (χ4n) is 2.76. The van der Waals surface area contributed by atoms with Gasteiger partial charge in [0.1, 0.15) is 5.75 Å². The van der Waals surface area contributed by atoms with Gasteiger partial charge in [-0.05, 0) is 30.3 Å². The maximum absolute atomic E-state index is 12.0. The van der Waals surface area contributed by atoms with Gasteiger partial charge in [-0.25, -0.2) is 0 Å². The number of carbonyl (C=O) groups excluding carboxylic acids is 1. The van der Waals surface area contributed by atoms with E-state index in [1.165, 1.54) is 6.20 Å². The summed E-state index contributed by atoms with van der Waals surface area (Å²) in [4.78, 5) is 17.5. The topological polar surface area (TPSA) is 77.2 Å². The third kappa shape index (κ3) is 4.52. The van der Waals surface area contributed by atoms with Gasteiger partial charge >= 0.3 is 0 Å². The van der Waals surface area contributed by atoms with Crippen molar-refractivity contribution in [2.45, 2.75) is 30.4 Å². The number of primary amides is 1. The van der Waals surface area contributed by atoms with Crippen molar-refractivity contribution in [3.8, 4) is 5.75 Å². The van der Waals surface area contributed by atoms with Crippen LogP contribution >= 0.6 is 11.8 Å². The van der Waals surface area contributed by atoms with Crippen LogP contribution in [0.15, 0.2) is 53.6 Å². The van der Waals surface area contributed by atoms with Crippen molar-refractivity contribution in [3.05, 3.63) is 54.2 Å². The molecule has 140 valence electrons. The quantitative estimate of drug-likeness (QED) is 0.610. The summed E-state index contributed by atoms with van der Waals surface area (Å²) < 4.78 is 5.36. The molecule has 3 aromatic rings. The van der Waals surface area contributed by atoms with Crippen molar-refractivity contribution in [2.75, 3.05) is 12.4 Å². The van der Waals surface area contributed by atoms with Crippen LogP contribution in [0.5, 0.6) is 5.75 Å². The molecule has 5 nitrogen and oxygen atoms in total. The molecule has 1 heterocycles. The molecule has 1 amide bonds. The molecular weight excluding hydrogens is 358 g/mol. The Morgan fingerprint density at radius 3 is 2.63 bits per heavy atom. The summed E-state index contributed by atoms with van der Waals surface area (Å²) in [5, 5.41) is 4.18. The maximum Gasteiger partial charge on any atom is 0.252 e. The van der Waals surface area contributed by atoms with Crippen LogP contribution < -0.4 is 15.8 Å². The van der Waals surface area contributed by atoms with Crippen LogP contribution in [0, 0.1) is 0 Å². The first kappa shape index (κ1) is 19.0. The largest absolute Gasteiger partial charge is 0.497 e. The predicted octanol–water partition coefficient (Wildman–Crippen LogP) is 4.98. The summed E-state index contributed by atoms with van der Waals surface area (Å²) in [6.07, 6.45) is 1.52. The van der Waals surface area contributed by atoms with E-state index >= 15 is 0 Å². The molecule has 0 fully saturated rings. The number of nitrogens with two attached hydrogens (primary N) is 1. The molecule has 0 bridgehead atoms. The predicted molar refractivity (Wildman–Crippen MR) is 112 cm³/mol. The summed E-state index contributed by atoms with van der Waals surface area (Å²) >= 11 is 1.76. The first-order valence-corrected chi connectivity index (χ1v) is 9.41. The molecule has 0 unspecified atom stereocenters. The van der Waals surface area contributed by atoms with Crippen LogP contribution in [0.3, 0.4) is 0 Å². The molecule has 0 aliphatic carbocycles. The molecule has 0 radical (unpaired) electrons. The van der Waals surface area contributed by atoms with Crippen molar-refractivity contribution in [2.24, 2.45) is 5.73 Å². The first-order valence-electron chi connectivity index (χ1n) is 8.59. The second kappa shape index (κ2) is 7.48. The lowest BCUT2D eigenvalue weighted by molar-refractivity contribution is 0.100. The number of nitrogens with one attached hydrogen (secondary N) is 1. The Bertz CT molecular complexity index is 996. The van der Waals surface area contributed by atoms with E-state index in [-0.39, 0.29) is 4.75 Å².